The van der Waals surface area contributed by atoms with E-state index in [-0.39, 0.29) is 11.4 Å². The van der Waals surface area contributed by atoms with Crippen LogP contribution in [0.4, 0.5) is 0 Å². The van der Waals surface area contributed by atoms with E-state index < -0.39 is 0 Å². The Morgan fingerprint density at radius 3 is 2.61 bits per heavy atom. The minimum atomic E-state index is -0.179. The highest BCUT2D eigenvalue weighted by atomic mass is 32.1. The van der Waals surface area contributed by atoms with Crippen molar-refractivity contribution in [1.82, 2.24) is 10.3 Å². The van der Waals surface area contributed by atoms with Gasteiger partial charge in [0.25, 0.3) is 5.91 Å². The lowest BCUT2D eigenvalue weighted by molar-refractivity contribution is 0.0819. The molecular formula is C14H14N2OS. The van der Waals surface area contributed by atoms with E-state index >= 15 is 0 Å². The van der Waals surface area contributed by atoms with E-state index in [0.717, 1.165) is 19.3 Å². The molecule has 0 atom stereocenters. The molecule has 1 aliphatic rings. The maximum atomic E-state index is 12.1. The highest BCUT2D eigenvalue weighted by molar-refractivity contribution is 7.07. The first kappa shape index (κ1) is 11.4. The van der Waals surface area contributed by atoms with Crippen LogP contribution in [-0.2, 0) is 5.54 Å². The average molecular weight is 258 g/mol. The van der Waals surface area contributed by atoms with Crippen LogP contribution < -0.4 is 5.32 Å². The Kier molecular flexibility index (Phi) is 2.88. The standard InChI is InChI=1S/C14H14N2OS/c17-13(12-9-18-10-15-12)16-14(7-4-8-14)11-5-2-1-3-6-11/h1-3,5-6,9-10H,4,7-8H2,(H,16,17). The lowest BCUT2D eigenvalue weighted by atomic mass is 9.71. The number of carbonyl (C=O) groups excluding carboxylic acids is 1. The summed E-state index contributed by atoms with van der Waals surface area (Å²) in [6.45, 7) is 0. The van der Waals surface area contributed by atoms with Crippen LogP contribution in [0.5, 0.6) is 0 Å². The van der Waals surface area contributed by atoms with E-state index in [4.69, 9.17) is 0 Å². The van der Waals surface area contributed by atoms with Crippen molar-refractivity contribution in [2.45, 2.75) is 24.8 Å². The second-order valence-corrected chi connectivity index (χ2v) is 5.35. The minimum Gasteiger partial charge on any atom is -0.341 e. The predicted molar refractivity (Wildman–Crippen MR) is 71.6 cm³/mol. The molecule has 0 radical (unpaired) electrons. The van der Waals surface area contributed by atoms with E-state index in [1.165, 1.54) is 16.9 Å². The van der Waals surface area contributed by atoms with Crippen molar-refractivity contribution in [2.75, 3.05) is 0 Å². The molecule has 18 heavy (non-hydrogen) atoms. The maximum Gasteiger partial charge on any atom is 0.271 e. The van der Waals surface area contributed by atoms with E-state index in [2.05, 4.69) is 22.4 Å². The predicted octanol–water partition coefficient (Wildman–Crippen LogP) is 2.95. The highest BCUT2D eigenvalue weighted by Crippen LogP contribution is 2.41. The number of nitrogens with one attached hydrogen (secondary N) is 1. The lowest BCUT2D eigenvalue weighted by Crippen LogP contribution is -2.50. The van der Waals surface area contributed by atoms with Gasteiger partial charge in [-0.15, -0.1) is 11.3 Å². The van der Waals surface area contributed by atoms with Crippen LogP contribution in [0.3, 0.4) is 0 Å². The monoisotopic (exact) mass is 258 g/mol. The number of hydrogen-bond donors (Lipinski definition) is 1. The Balaban J connectivity index is 1.83. The van der Waals surface area contributed by atoms with Crippen molar-refractivity contribution in [3.8, 4) is 0 Å². The number of thiazole rings is 1. The van der Waals surface area contributed by atoms with E-state index in [0.29, 0.717) is 5.69 Å². The van der Waals surface area contributed by atoms with Crippen molar-refractivity contribution in [3.63, 3.8) is 0 Å². The van der Waals surface area contributed by atoms with E-state index in [1.807, 2.05) is 18.2 Å². The first-order valence-electron chi connectivity index (χ1n) is 6.06. The summed E-state index contributed by atoms with van der Waals surface area (Å²) in [5.74, 6) is -0.0696. The zero-order chi connectivity index (χ0) is 12.4. The van der Waals surface area contributed by atoms with Crippen LogP contribution in [0.25, 0.3) is 0 Å². The largest absolute Gasteiger partial charge is 0.341 e. The topological polar surface area (TPSA) is 42.0 Å². The number of benzene rings is 1. The van der Waals surface area contributed by atoms with Gasteiger partial charge in [0.2, 0.25) is 0 Å². The molecule has 3 rings (SSSR count). The van der Waals surface area contributed by atoms with Gasteiger partial charge in [0.05, 0.1) is 11.0 Å². The Hall–Kier alpha value is -1.68. The Bertz CT molecular complexity index is 532. The Morgan fingerprint density at radius 2 is 2.06 bits per heavy atom. The van der Waals surface area contributed by atoms with Crippen LogP contribution in [0.1, 0.15) is 35.3 Å². The second-order valence-electron chi connectivity index (χ2n) is 4.63. The molecule has 1 N–H and O–H groups in total. The van der Waals surface area contributed by atoms with Gasteiger partial charge in [-0.05, 0) is 24.8 Å². The van der Waals surface area contributed by atoms with E-state index in [9.17, 15) is 4.79 Å². The van der Waals surface area contributed by atoms with Crippen molar-refractivity contribution < 1.29 is 4.79 Å². The van der Waals surface area contributed by atoms with Gasteiger partial charge in [0, 0.05) is 5.38 Å². The summed E-state index contributed by atoms with van der Waals surface area (Å²) in [6, 6.07) is 10.2. The number of amides is 1. The van der Waals surface area contributed by atoms with Gasteiger partial charge in [-0.1, -0.05) is 30.3 Å². The zero-order valence-electron chi connectivity index (χ0n) is 9.93. The summed E-state index contributed by atoms with van der Waals surface area (Å²) in [7, 11) is 0. The van der Waals surface area contributed by atoms with Crippen LogP contribution >= 0.6 is 11.3 Å². The van der Waals surface area contributed by atoms with Crippen molar-refractivity contribution in [3.05, 3.63) is 52.5 Å². The third kappa shape index (κ3) is 1.93. The fraction of sp³-hybridized carbons (Fsp3) is 0.286. The average Bonchev–Trinajstić information content (AvgIpc) is 2.88. The fourth-order valence-electron chi connectivity index (χ4n) is 2.38. The molecule has 1 aromatic carbocycles. The van der Waals surface area contributed by atoms with Gasteiger partial charge in [-0.3, -0.25) is 4.79 Å². The number of hydrogen-bond acceptors (Lipinski definition) is 3. The summed E-state index contributed by atoms with van der Waals surface area (Å²) < 4.78 is 0. The number of nitrogens with zero attached hydrogens (tertiary/aromatic N) is 1. The molecule has 1 aliphatic carbocycles. The maximum absolute atomic E-state index is 12.1. The lowest BCUT2D eigenvalue weighted by Gasteiger charge is -2.43. The SMILES string of the molecule is O=C(NC1(c2ccccc2)CCC1)c1cscn1. The first-order valence-corrected chi connectivity index (χ1v) is 7.01. The molecule has 1 aromatic heterocycles. The number of aromatic nitrogens is 1. The van der Waals surface area contributed by atoms with Gasteiger partial charge in [-0.25, -0.2) is 4.98 Å². The summed E-state index contributed by atoms with van der Waals surface area (Å²) in [5.41, 5.74) is 3.22. The molecule has 0 unspecified atom stereocenters. The second kappa shape index (κ2) is 4.53. The van der Waals surface area contributed by atoms with Gasteiger partial charge in [0.1, 0.15) is 5.69 Å². The summed E-state index contributed by atoms with van der Waals surface area (Å²) in [6.07, 6.45) is 3.17. The molecule has 1 amide bonds. The van der Waals surface area contributed by atoms with Crippen LogP contribution in [0.2, 0.25) is 0 Å². The van der Waals surface area contributed by atoms with Gasteiger partial charge >= 0.3 is 0 Å². The third-order valence-electron chi connectivity index (χ3n) is 3.55. The molecule has 2 aromatic rings. The molecule has 92 valence electrons. The van der Waals surface area contributed by atoms with E-state index in [1.54, 1.807) is 10.9 Å². The molecule has 1 saturated carbocycles. The molecule has 0 spiro atoms. The van der Waals surface area contributed by atoms with Crippen LogP contribution in [0, 0.1) is 0 Å². The smallest absolute Gasteiger partial charge is 0.271 e. The zero-order valence-corrected chi connectivity index (χ0v) is 10.7. The van der Waals surface area contributed by atoms with Crippen molar-refractivity contribution in [1.29, 1.82) is 0 Å². The molecule has 0 aliphatic heterocycles. The Morgan fingerprint density at radius 1 is 1.28 bits per heavy atom. The van der Waals surface area contributed by atoms with Crippen LogP contribution in [-0.4, -0.2) is 10.9 Å². The number of carbonyl (C=O) groups is 1. The quantitative estimate of drug-likeness (QED) is 0.919. The van der Waals surface area contributed by atoms with Crippen molar-refractivity contribution >= 4 is 17.2 Å². The minimum absolute atomic E-state index is 0.0696. The van der Waals surface area contributed by atoms with Gasteiger partial charge in [0.15, 0.2) is 0 Å². The van der Waals surface area contributed by atoms with Crippen LogP contribution in [0.15, 0.2) is 41.2 Å². The van der Waals surface area contributed by atoms with Gasteiger partial charge in [-0.2, -0.15) is 0 Å². The molecule has 4 heteroatoms. The molecule has 3 nitrogen and oxygen atoms in total. The normalized spacial score (nSPS) is 16.9. The third-order valence-corrected chi connectivity index (χ3v) is 4.14. The molecule has 1 fully saturated rings. The molecular weight excluding hydrogens is 244 g/mol. The van der Waals surface area contributed by atoms with Crippen molar-refractivity contribution in [2.24, 2.45) is 0 Å². The summed E-state index contributed by atoms with van der Waals surface area (Å²) in [5, 5.41) is 4.94. The summed E-state index contributed by atoms with van der Waals surface area (Å²) >= 11 is 1.44. The molecule has 0 bridgehead atoms. The first-order chi connectivity index (χ1) is 8.80. The summed E-state index contributed by atoms with van der Waals surface area (Å²) in [4.78, 5) is 16.2. The number of rotatable bonds is 3. The fourth-order valence-corrected chi connectivity index (χ4v) is 2.91. The van der Waals surface area contributed by atoms with Gasteiger partial charge < -0.3 is 5.32 Å². The molecule has 1 heterocycles. The Labute approximate surface area is 110 Å². The highest BCUT2D eigenvalue weighted by Gasteiger charge is 2.40. The molecule has 0 saturated heterocycles.